The molecular formula is C24H26F2N2O6. The molecule has 0 heterocycles. The maximum absolute atomic E-state index is 13.8. The number of anilines is 1. The summed E-state index contributed by atoms with van der Waals surface area (Å²) in [5, 5.41) is 19.6. The van der Waals surface area contributed by atoms with E-state index in [-0.39, 0.29) is 18.9 Å². The van der Waals surface area contributed by atoms with Gasteiger partial charge in [0.25, 0.3) is 5.91 Å². The topological polar surface area (TPSA) is 117 Å². The molecule has 8 nitrogen and oxygen atoms in total. The van der Waals surface area contributed by atoms with Crippen LogP contribution in [0.15, 0.2) is 66.8 Å². The van der Waals surface area contributed by atoms with Crippen molar-refractivity contribution in [1.82, 2.24) is 5.48 Å². The number of benzene rings is 2. The summed E-state index contributed by atoms with van der Waals surface area (Å²) in [7, 11) is 0. The van der Waals surface area contributed by atoms with Gasteiger partial charge in [0.15, 0.2) is 0 Å². The monoisotopic (exact) mass is 476 g/mol. The highest BCUT2D eigenvalue weighted by Gasteiger charge is 2.18. The van der Waals surface area contributed by atoms with Crippen LogP contribution in [0.3, 0.4) is 0 Å². The Morgan fingerprint density at radius 3 is 2.53 bits per heavy atom. The van der Waals surface area contributed by atoms with Gasteiger partial charge in [-0.25, -0.2) is 19.1 Å². The Hall–Kier alpha value is -3.76. The molecule has 4 N–H and O–H groups in total. The molecule has 0 unspecified atom stereocenters. The first-order valence-corrected chi connectivity index (χ1v) is 10.5. The van der Waals surface area contributed by atoms with Crippen LogP contribution in [0, 0.1) is 11.6 Å². The Balaban J connectivity index is 2.02. The van der Waals surface area contributed by atoms with Gasteiger partial charge in [-0.2, -0.15) is 0 Å². The summed E-state index contributed by atoms with van der Waals surface area (Å²) in [5.41, 5.74) is 1.95. The predicted octanol–water partition coefficient (Wildman–Crippen LogP) is 4.41. The Labute approximate surface area is 195 Å². The summed E-state index contributed by atoms with van der Waals surface area (Å²) in [5.74, 6) is -1.80. The van der Waals surface area contributed by atoms with E-state index in [0.29, 0.717) is 36.6 Å². The predicted molar refractivity (Wildman–Crippen MR) is 120 cm³/mol. The van der Waals surface area contributed by atoms with Gasteiger partial charge in [0.2, 0.25) is 0 Å². The molecule has 0 bridgehead atoms. The van der Waals surface area contributed by atoms with Crippen molar-refractivity contribution < 1.29 is 38.2 Å². The fourth-order valence-corrected chi connectivity index (χ4v) is 2.87. The SMILES string of the molecule is O=C(/C=C/C=C/CCC[C@H](OC(=O)Nc1ccc(F)cc1F)c1ccc(OCCO)cc1)NO. The lowest BCUT2D eigenvalue weighted by Crippen LogP contribution is -2.18. The fourth-order valence-electron chi connectivity index (χ4n) is 2.87. The maximum atomic E-state index is 13.8. The molecule has 2 aromatic rings. The van der Waals surface area contributed by atoms with E-state index in [0.717, 1.165) is 18.2 Å². The molecule has 0 aliphatic rings. The highest BCUT2D eigenvalue weighted by atomic mass is 19.1. The van der Waals surface area contributed by atoms with Gasteiger partial charge in [0.1, 0.15) is 30.1 Å². The van der Waals surface area contributed by atoms with Crippen LogP contribution in [0.5, 0.6) is 5.75 Å². The van der Waals surface area contributed by atoms with Crippen LogP contribution in [0.1, 0.15) is 30.9 Å². The molecule has 0 saturated heterocycles. The minimum atomic E-state index is -0.924. The number of hydroxylamine groups is 1. The van der Waals surface area contributed by atoms with Crippen LogP contribution in [0.4, 0.5) is 19.3 Å². The van der Waals surface area contributed by atoms with Crippen molar-refractivity contribution in [2.75, 3.05) is 18.5 Å². The molecule has 2 amide bonds. The van der Waals surface area contributed by atoms with Crippen molar-refractivity contribution >= 4 is 17.7 Å². The quantitative estimate of drug-likeness (QED) is 0.119. The number of halogens is 2. The van der Waals surface area contributed by atoms with Crippen LogP contribution in [-0.4, -0.2) is 35.5 Å². The lowest BCUT2D eigenvalue weighted by Gasteiger charge is -2.19. The van der Waals surface area contributed by atoms with E-state index in [1.165, 1.54) is 11.6 Å². The molecule has 0 saturated carbocycles. The first-order valence-electron chi connectivity index (χ1n) is 10.5. The summed E-state index contributed by atoms with van der Waals surface area (Å²) in [6, 6.07) is 9.56. The zero-order chi connectivity index (χ0) is 24.8. The molecule has 0 aliphatic heterocycles. The molecule has 0 fully saturated rings. The molecule has 0 aromatic heterocycles. The number of carbonyl (C=O) groups is 2. The van der Waals surface area contributed by atoms with E-state index in [1.54, 1.807) is 36.4 Å². The van der Waals surface area contributed by atoms with Gasteiger partial charge in [-0.05, 0) is 49.1 Å². The van der Waals surface area contributed by atoms with Crippen molar-refractivity contribution in [3.8, 4) is 5.75 Å². The average molecular weight is 476 g/mol. The third-order valence-corrected chi connectivity index (χ3v) is 4.47. The number of allylic oxidation sites excluding steroid dienone is 3. The molecule has 2 aromatic carbocycles. The smallest absolute Gasteiger partial charge is 0.412 e. The number of aliphatic hydroxyl groups excluding tert-OH is 1. The lowest BCUT2D eigenvalue weighted by molar-refractivity contribution is -0.124. The van der Waals surface area contributed by atoms with E-state index >= 15 is 0 Å². The van der Waals surface area contributed by atoms with Crippen molar-refractivity contribution in [3.63, 3.8) is 0 Å². The van der Waals surface area contributed by atoms with Crippen molar-refractivity contribution in [2.24, 2.45) is 0 Å². The van der Waals surface area contributed by atoms with Crippen LogP contribution >= 0.6 is 0 Å². The molecule has 34 heavy (non-hydrogen) atoms. The maximum Gasteiger partial charge on any atom is 0.412 e. The van der Waals surface area contributed by atoms with Crippen LogP contribution < -0.4 is 15.5 Å². The fraction of sp³-hybridized carbons (Fsp3) is 0.250. The molecule has 1 atom stereocenters. The number of rotatable bonds is 12. The van der Waals surface area contributed by atoms with Gasteiger partial charge in [-0.3, -0.25) is 15.3 Å². The Kier molecular flexibility index (Phi) is 11.2. The third-order valence-electron chi connectivity index (χ3n) is 4.47. The van der Waals surface area contributed by atoms with Gasteiger partial charge in [0.05, 0.1) is 12.3 Å². The van der Waals surface area contributed by atoms with Crippen molar-refractivity contribution in [3.05, 3.63) is 84.0 Å². The Bertz CT molecular complexity index is 995. The number of hydrogen-bond acceptors (Lipinski definition) is 6. The lowest BCUT2D eigenvalue weighted by atomic mass is 10.0. The van der Waals surface area contributed by atoms with E-state index in [2.05, 4.69) is 5.32 Å². The number of nitrogens with one attached hydrogen (secondary N) is 2. The highest BCUT2D eigenvalue weighted by molar-refractivity contribution is 5.86. The number of hydrogen-bond donors (Lipinski definition) is 4. The second kappa shape index (κ2) is 14.4. The van der Waals surface area contributed by atoms with E-state index in [1.807, 2.05) is 0 Å². The van der Waals surface area contributed by atoms with E-state index in [9.17, 15) is 18.4 Å². The molecule has 0 spiro atoms. The minimum Gasteiger partial charge on any atom is -0.491 e. The van der Waals surface area contributed by atoms with E-state index in [4.69, 9.17) is 19.8 Å². The molecule has 2 rings (SSSR count). The molecular weight excluding hydrogens is 450 g/mol. The average Bonchev–Trinajstić information content (AvgIpc) is 2.83. The zero-order valence-corrected chi connectivity index (χ0v) is 18.2. The molecule has 182 valence electrons. The summed E-state index contributed by atoms with van der Waals surface area (Å²) in [4.78, 5) is 23.3. The van der Waals surface area contributed by atoms with E-state index < -0.39 is 29.7 Å². The first kappa shape index (κ1) is 26.5. The standard InChI is InChI=1S/C24H26F2N2O6/c25-18-10-13-21(20(26)16-18)27-24(31)34-22(6-4-2-1-3-5-7-23(30)28-32)17-8-11-19(12-9-17)33-15-14-29/h1,3,5,7-13,16,22,29,32H,2,4,6,14-15H2,(H,27,31)(H,28,30)/b3-1+,7-5+/t22-/m0/s1. The third kappa shape index (κ3) is 9.39. The number of unbranched alkanes of at least 4 members (excludes halogenated alkanes) is 1. The summed E-state index contributed by atoms with van der Waals surface area (Å²) in [6.45, 7) is 0.0205. The van der Waals surface area contributed by atoms with Crippen LogP contribution in [0.2, 0.25) is 0 Å². The molecule has 10 heteroatoms. The number of aliphatic hydroxyl groups is 1. The minimum absolute atomic E-state index is 0.124. The van der Waals surface area contributed by atoms with Gasteiger partial charge < -0.3 is 14.6 Å². The summed E-state index contributed by atoms with van der Waals surface area (Å²) < 4.78 is 37.8. The second-order valence-corrected chi connectivity index (χ2v) is 6.98. The van der Waals surface area contributed by atoms with Gasteiger partial charge in [-0.15, -0.1) is 0 Å². The second-order valence-electron chi connectivity index (χ2n) is 6.98. The number of amides is 2. The Morgan fingerprint density at radius 1 is 1.09 bits per heavy atom. The van der Waals surface area contributed by atoms with Gasteiger partial charge in [0, 0.05) is 12.1 Å². The highest BCUT2D eigenvalue weighted by Crippen LogP contribution is 2.27. The zero-order valence-electron chi connectivity index (χ0n) is 18.2. The van der Waals surface area contributed by atoms with Gasteiger partial charge in [-0.1, -0.05) is 30.4 Å². The first-order chi connectivity index (χ1) is 16.4. The van der Waals surface area contributed by atoms with Crippen molar-refractivity contribution in [1.29, 1.82) is 0 Å². The largest absolute Gasteiger partial charge is 0.491 e. The molecule has 0 radical (unpaired) electrons. The number of carbonyl (C=O) groups excluding carboxylic acids is 2. The molecule has 0 aliphatic carbocycles. The van der Waals surface area contributed by atoms with Crippen LogP contribution in [0.25, 0.3) is 0 Å². The summed E-state index contributed by atoms with van der Waals surface area (Å²) >= 11 is 0. The summed E-state index contributed by atoms with van der Waals surface area (Å²) in [6.07, 6.45) is 6.15. The number of ether oxygens (including phenoxy) is 2. The Morgan fingerprint density at radius 2 is 1.85 bits per heavy atom. The van der Waals surface area contributed by atoms with Crippen molar-refractivity contribution in [2.45, 2.75) is 25.4 Å². The normalized spacial score (nSPS) is 12.0. The van der Waals surface area contributed by atoms with Gasteiger partial charge >= 0.3 is 6.09 Å². The van der Waals surface area contributed by atoms with Crippen LogP contribution in [-0.2, 0) is 9.53 Å².